The first-order valence-electron chi connectivity index (χ1n) is 4.68. The fraction of sp³-hybridized carbons (Fsp3) is 0. The maximum Gasteiger partial charge on any atom is 0.332 e. The van der Waals surface area contributed by atoms with Crippen LogP contribution in [0.4, 0.5) is 0 Å². The average molecular weight is 235 g/mol. The summed E-state index contributed by atoms with van der Waals surface area (Å²) >= 11 is 0. The Morgan fingerprint density at radius 3 is 2.12 bits per heavy atom. The van der Waals surface area contributed by atoms with E-state index in [1.807, 2.05) is 0 Å². The van der Waals surface area contributed by atoms with Crippen molar-refractivity contribution in [2.45, 2.75) is 0 Å². The summed E-state index contributed by atoms with van der Waals surface area (Å²) in [5.74, 6) is -2.63. The molecule has 0 aliphatic heterocycles. The predicted molar refractivity (Wildman–Crippen MR) is 58.3 cm³/mol. The minimum Gasteiger partial charge on any atom is -0.504 e. The first-order chi connectivity index (χ1) is 8.04. The van der Waals surface area contributed by atoms with E-state index in [-0.39, 0.29) is 10.3 Å². The van der Waals surface area contributed by atoms with Crippen LogP contribution >= 0.6 is 0 Å². The maximum atomic E-state index is 11.1. The highest BCUT2D eigenvalue weighted by molar-refractivity contribution is 5.76. The summed E-state index contributed by atoms with van der Waals surface area (Å²) in [7, 11) is 0. The highest BCUT2D eigenvalue weighted by Crippen LogP contribution is 2.39. The zero-order chi connectivity index (χ0) is 12.6. The third-order valence-corrected chi connectivity index (χ3v) is 2.34. The van der Waals surface area contributed by atoms with E-state index in [1.54, 1.807) is 30.3 Å². The van der Waals surface area contributed by atoms with Gasteiger partial charge in [0.05, 0.1) is 5.56 Å². The van der Waals surface area contributed by atoms with E-state index in [0.717, 1.165) is 0 Å². The summed E-state index contributed by atoms with van der Waals surface area (Å²) in [6.07, 6.45) is 0. The van der Waals surface area contributed by atoms with E-state index < -0.39 is 22.9 Å². The Morgan fingerprint density at radius 2 is 1.53 bits per heavy atom. The number of rotatable bonds is 1. The summed E-state index contributed by atoms with van der Waals surface area (Å²) in [5.41, 5.74) is -1.16. The van der Waals surface area contributed by atoms with Crippen molar-refractivity contribution in [3.63, 3.8) is 0 Å². The highest BCUT2D eigenvalue weighted by atomic mass is 16.5. The van der Waals surface area contributed by atoms with Crippen LogP contribution in [0.1, 0.15) is 0 Å². The van der Waals surface area contributed by atoms with Gasteiger partial charge in [-0.2, -0.15) is 0 Å². The van der Waals surface area contributed by atoms with Crippen molar-refractivity contribution in [3.8, 4) is 28.5 Å². The second kappa shape index (κ2) is 3.75. The molecule has 1 heterocycles. The smallest absolute Gasteiger partial charge is 0.332 e. The fourth-order valence-corrected chi connectivity index (χ4v) is 1.50. The van der Waals surface area contributed by atoms with Crippen molar-refractivity contribution in [2.75, 3.05) is 0 Å². The molecule has 0 aliphatic carbocycles. The SMILES string of the molecule is O=c1c(O)c(O)c(-c2ccccc2)c(O)n1O. The van der Waals surface area contributed by atoms with Crippen molar-refractivity contribution in [2.24, 2.45) is 0 Å². The average Bonchev–Trinajstić information content (AvgIpc) is 2.36. The lowest BCUT2D eigenvalue weighted by Gasteiger charge is -2.10. The predicted octanol–water partition coefficient (Wildman–Crippen LogP) is 0.869. The summed E-state index contributed by atoms with van der Waals surface area (Å²) in [5, 5.41) is 37.7. The third-order valence-electron chi connectivity index (χ3n) is 2.34. The van der Waals surface area contributed by atoms with Gasteiger partial charge in [0.2, 0.25) is 11.6 Å². The standard InChI is InChI=1S/C11H9NO5/c13-8-7(6-4-2-1-3-5-6)10(15)12(17)11(16)9(8)14/h1-5,13-15,17H. The van der Waals surface area contributed by atoms with Crippen LogP contribution in [0.25, 0.3) is 11.1 Å². The molecule has 0 spiro atoms. The van der Waals surface area contributed by atoms with Gasteiger partial charge in [0.15, 0.2) is 5.75 Å². The molecule has 2 aromatic rings. The minimum absolute atomic E-state index is 0.128. The van der Waals surface area contributed by atoms with Crippen LogP contribution in [-0.2, 0) is 0 Å². The van der Waals surface area contributed by atoms with Gasteiger partial charge in [0.25, 0.3) is 0 Å². The van der Waals surface area contributed by atoms with E-state index in [9.17, 15) is 25.3 Å². The molecule has 0 unspecified atom stereocenters. The molecule has 4 N–H and O–H groups in total. The molecule has 0 amide bonds. The lowest BCUT2D eigenvalue weighted by molar-refractivity contribution is 0.139. The Kier molecular flexibility index (Phi) is 2.40. The van der Waals surface area contributed by atoms with Gasteiger partial charge in [0.1, 0.15) is 0 Å². The normalized spacial score (nSPS) is 10.4. The number of pyridine rings is 1. The summed E-state index contributed by atoms with van der Waals surface area (Å²) in [6.45, 7) is 0. The van der Waals surface area contributed by atoms with Crippen molar-refractivity contribution in [3.05, 3.63) is 40.7 Å². The number of hydrogen-bond acceptors (Lipinski definition) is 5. The van der Waals surface area contributed by atoms with Gasteiger partial charge in [-0.3, -0.25) is 4.79 Å². The summed E-state index contributed by atoms with van der Waals surface area (Å²) in [6, 6.07) is 8.07. The van der Waals surface area contributed by atoms with Crippen LogP contribution in [-0.4, -0.2) is 25.3 Å². The quantitative estimate of drug-likeness (QED) is 0.549. The van der Waals surface area contributed by atoms with E-state index in [4.69, 9.17) is 0 Å². The molecule has 1 aromatic heterocycles. The van der Waals surface area contributed by atoms with Gasteiger partial charge in [0, 0.05) is 0 Å². The summed E-state index contributed by atoms with van der Waals surface area (Å²) < 4.78 is -0.128. The van der Waals surface area contributed by atoms with Gasteiger partial charge in [-0.25, -0.2) is 0 Å². The number of aromatic hydroxyl groups is 3. The van der Waals surface area contributed by atoms with Crippen molar-refractivity contribution in [1.82, 2.24) is 4.73 Å². The molecular formula is C11H9NO5. The van der Waals surface area contributed by atoms with Crippen LogP contribution in [0.15, 0.2) is 35.1 Å². The molecule has 0 radical (unpaired) electrons. The fourth-order valence-electron chi connectivity index (χ4n) is 1.50. The van der Waals surface area contributed by atoms with Crippen LogP contribution in [0.2, 0.25) is 0 Å². The van der Waals surface area contributed by atoms with Crippen LogP contribution < -0.4 is 5.56 Å². The largest absolute Gasteiger partial charge is 0.504 e. The second-order valence-corrected chi connectivity index (χ2v) is 3.38. The molecule has 6 heteroatoms. The number of aromatic nitrogens is 1. The van der Waals surface area contributed by atoms with Gasteiger partial charge in [-0.15, -0.1) is 4.73 Å². The molecule has 1 aromatic carbocycles. The van der Waals surface area contributed by atoms with Crippen LogP contribution in [0.3, 0.4) is 0 Å². The van der Waals surface area contributed by atoms with Crippen molar-refractivity contribution < 1.29 is 20.5 Å². The topological polar surface area (TPSA) is 103 Å². The molecule has 0 saturated heterocycles. The lowest BCUT2D eigenvalue weighted by atomic mass is 10.1. The Balaban J connectivity index is 2.84. The van der Waals surface area contributed by atoms with Crippen LogP contribution in [0, 0.1) is 0 Å². The first-order valence-corrected chi connectivity index (χ1v) is 4.68. The molecule has 17 heavy (non-hydrogen) atoms. The summed E-state index contributed by atoms with van der Waals surface area (Å²) in [4.78, 5) is 11.1. The Bertz CT molecular complexity index is 586. The van der Waals surface area contributed by atoms with Gasteiger partial charge < -0.3 is 20.5 Å². The minimum atomic E-state index is -1.29. The third kappa shape index (κ3) is 1.55. The van der Waals surface area contributed by atoms with Crippen molar-refractivity contribution >= 4 is 0 Å². The molecule has 0 atom stereocenters. The van der Waals surface area contributed by atoms with Gasteiger partial charge in [-0.1, -0.05) is 30.3 Å². The molecule has 0 aliphatic rings. The number of nitrogens with zero attached hydrogens (tertiary/aromatic N) is 1. The molecular weight excluding hydrogens is 226 g/mol. The van der Waals surface area contributed by atoms with E-state index in [0.29, 0.717) is 5.56 Å². The molecule has 2 rings (SSSR count). The number of hydrogen-bond donors (Lipinski definition) is 4. The van der Waals surface area contributed by atoms with E-state index in [2.05, 4.69) is 0 Å². The highest BCUT2D eigenvalue weighted by Gasteiger charge is 2.21. The van der Waals surface area contributed by atoms with Gasteiger partial charge in [-0.05, 0) is 5.56 Å². The Hall–Kier alpha value is -2.63. The zero-order valence-electron chi connectivity index (χ0n) is 8.53. The first kappa shape index (κ1) is 10.9. The Morgan fingerprint density at radius 1 is 0.941 bits per heavy atom. The van der Waals surface area contributed by atoms with Crippen LogP contribution in [0.5, 0.6) is 17.4 Å². The Labute approximate surface area is 95.2 Å². The second-order valence-electron chi connectivity index (χ2n) is 3.38. The van der Waals surface area contributed by atoms with E-state index >= 15 is 0 Å². The molecule has 88 valence electrons. The van der Waals surface area contributed by atoms with Gasteiger partial charge >= 0.3 is 5.56 Å². The zero-order valence-corrected chi connectivity index (χ0v) is 8.53. The molecule has 0 bridgehead atoms. The molecule has 6 nitrogen and oxygen atoms in total. The lowest BCUT2D eigenvalue weighted by Crippen LogP contribution is -2.17. The molecule has 0 saturated carbocycles. The van der Waals surface area contributed by atoms with Crippen molar-refractivity contribution in [1.29, 1.82) is 0 Å². The monoisotopic (exact) mass is 235 g/mol. The number of benzene rings is 1. The maximum absolute atomic E-state index is 11.1. The van der Waals surface area contributed by atoms with E-state index in [1.165, 1.54) is 0 Å². The molecule has 0 fully saturated rings.